The van der Waals surface area contributed by atoms with Crippen LogP contribution in [0.1, 0.15) is 11.1 Å². The Morgan fingerprint density at radius 2 is 1.72 bits per heavy atom. The molecule has 1 aliphatic heterocycles. The Morgan fingerprint density at radius 3 is 2.32 bits per heavy atom. The van der Waals surface area contributed by atoms with Gasteiger partial charge in [0.25, 0.3) is 0 Å². The summed E-state index contributed by atoms with van der Waals surface area (Å²) in [5.74, 6) is -0.0778. The van der Waals surface area contributed by atoms with Crippen LogP contribution >= 0.6 is 0 Å². The topological polar surface area (TPSA) is 102 Å². The third-order valence-electron chi connectivity index (χ3n) is 4.09. The molecule has 0 radical (unpaired) electrons. The van der Waals surface area contributed by atoms with Crippen molar-refractivity contribution in [3.05, 3.63) is 23.3 Å². The second-order valence-electron chi connectivity index (χ2n) is 5.81. The standard InChI is InChI=1S/C15H24N2O6S2/c1-12-10-14(22-3)15(11-13(12)2)25(20,21)16-4-9-24(18,19)17-5-7-23-8-6-17/h10-11,16H,4-9H2,1-3H3. The molecule has 10 heteroatoms. The average Bonchev–Trinajstić information content (AvgIpc) is 2.57. The summed E-state index contributed by atoms with van der Waals surface area (Å²) < 4.78 is 63.5. The third kappa shape index (κ3) is 4.91. The zero-order valence-corrected chi connectivity index (χ0v) is 16.2. The molecule has 0 amide bonds. The highest BCUT2D eigenvalue weighted by Gasteiger charge is 2.26. The summed E-state index contributed by atoms with van der Waals surface area (Å²) in [5.41, 5.74) is 1.72. The molecule has 0 unspecified atom stereocenters. The van der Waals surface area contributed by atoms with Crippen LogP contribution in [0.25, 0.3) is 0 Å². The monoisotopic (exact) mass is 392 g/mol. The Labute approximate surface area is 149 Å². The lowest BCUT2D eigenvalue weighted by Gasteiger charge is -2.26. The minimum atomic E-state index is -3.88. The first kappa shape index (κ1) is 20.1. The maximum absolute atomic E-state index is 12.5. The first-order chi connectivity index (χ1) is 11.7. The van der Waals surface area contributed by atoms with Crippen molar-refractivity contribution in [3.8, 4) is 5.75 Å². The number of ether oxygens (including phenoxy) is 2. The number of aryl methyl sites for hydroxylation is 2. The van der Waals surface area contributed by atoms with Crippen LogP contribution in [-0.4, -0.2) is 66.9 Å². The molecule has 0 aliphatic carbocycles. The van der Waals surface area contributed by atoms with Gasteiger partial charge in [-0.05, 0) is 37.1 Å². The number of methoxy groups -OCH3 is 1. The molecule has 1 saturated heterocycles. The zero-order valence-electron chi connectivity index (χ0n) is 14.6. The quantitative estimate of drug-likeness (QED) is 0.714. The van der Waals surface area contributed by atoms with Crippen molar-refractivity contribution in [2.75, 3.05) is 45.7 Å². The molecule has 0 atom stereocenters. The van der Waals surface area contributed by atoms with E-state index < -0.39 is 20.0 Å². The van der Waals surface area contributed by atoms with Crippen molar-refractivity contribution in [3.63, 3.8) is 0 Å². The van der Waals surface area contributed by atoms with Gasteiger partial charge >= 0.3 is 0 Å². The molecule has 2 rings (SSSR count). The van der Waals surface area contributed by atoms with Gasteiger partial charge in [-0.15, -0.1) is 0 Å². The summed E-state index contributed by atoms with van der Waals surface area (Å²) in [6.45, 7) is 4.74. The number of hydrogen-bond acceptors (Lipinski definition) is 6. The molecule has 1 aliphatic rings. The average molecular weight is 392 g/mol. The second kappa shape index (κ2) is 8.00. The summed E-state index contributed by atoms with van der Waals surface area (Å²) in [7, 11) is -6.01. The first-order valence-corrected chi connectivity index (χ1v) is 11.0. The van der Waals surface area contributed by atoms with Gasteiger partial charge in [-0.2, -0.15) is 4.31 Å². The Balaban J connectivity index is 2.08. The number of morpholine rings is 1. The molecule has 0 saturated carbocycles. The fourth-order valence-electron chi connectivity index (χ4n) is 2.47. The highest BCUT2D eigenvalue weighted by molar-refractivity contribution is 7.90. The van der Waals surface area contributed by atoms with Crippen LogP contribution in [0.2, 0.25) is 0 Å². The molecule has 25 heavy (non-hydrogen) atoms. The van der Waals surface area contributed by atoms with Gasteiger partial charge in [-0.3, -0.25) is 0 Å². The molecule has 1 fully saturated rings. The van der Waals surface area contributed by atoms with Crippen LogP contribution in [0.5, 0.6) is 5.75 Å². The minimum absolute atomic E-state index is 0.00173. The summed E-state index contributed by atoms with van der Waals surface area (Å²) in [6.07, 6.45) is 0. The van der Waals surface area contributed by atoms with E-state index in [4.69, 9.17) is 9.47 Å². The number of nitrogens with one attached hydrogen (secondary N) is 1. The maximum atomic E-state index is 12.5. The van der Waals surface area contributed by atoms with Gasteiger partial charge in [0.1, 0.15) is 10.6 Å². The van der Waals surface area contributed by atoms with E-state index in [1.165, 1.54) is 17.5 Å². The van der Waals surface area contributed by atoms with Gasteiger partial charge in [0.15, 0.2) is 0 Å². The zero-order chi connectivity index (χ0) is 18.7. The smallest absolute Gasteiger partial charge is 0.244 e. The van der Waals surface area contributed by atoms with E-state index in [-0.39, 0.29) is 22.9 Å². The maximum Gasteiger partial charge on any atom is 0.244 e. The highest BCUT2D eigenvalue weighted by Crippen LogP contribution is 2.27. The molecular weight excluding hydrogens is 368 g/mol. The number of nitrogens with zero attached hydrogens (tertiary/aromatic N) is 1. The van der Waals surface area contributed by atoms with Gasteiger partial charge in [-0.1, -0.05) is 0 Å². The summed E-state index contributed by atoms with van der Waals surface area (Å²) in [5, 5.41) is 0. The van der Waals surface area contributed by atoms with Gasteiger partial charge in [0, 0.05) is 19.6 Å². The van der Waals surface area contributed by atoms with E-state index in [9.17, 15) is 16.8 Å². The van der Waals surface area contributed by atoms with Crippen LogP contribution in [0, 0.1) is 13.8 Å². The molecule has 0 bridgehead atoms. The molecule has 8 nitrogen and oxygen atoms in total. The fourth-order valence-corrected chi connectivity index (χ4v) is 5.19. The van der Waals surface area contributed by atoms with Gasteiger partial charge in [0.2, 0.25) is 20.0 Å². The molecule has 0 aromatic heterocycles. The summed E-state index contributed by atoms with van der Waals surface area (Å²) >= 11 is 0. The number of benzene rings is 1. The lowest BCUT2D eigenvalue weighted by atomic mass is 10.1. The molecule has 1 heterocycles. The molecule has 0 spiro atoms. The molecule has 1 aromatic carbocycles. The number of rotatable bonds is 7. The van der Waals surface area contributed by atoms with E-state index >= 15 is 0 Å². The third-order valence-corrected chi connectivity index (χ3v) is 7.44. The largest absolute Gasteiger partial charge is 0.495 e. The Hall–Kier alpha value is -1.20. The summed E-state index contributed by atoms with van der Waals surface area (Å²) in [6, 6.07) is 3.17. The van der Waals surface area contributed by atoms with Crippen LogP contribution in [0.4, 0.5) is 0 Å². The van der Waals surface area contributed by atoms with E-state index in [1.54, 1.807) is 13.0 Å². The lowest BCUT2D eigenvalue weighted by molar-refractivity contribution is 0.0730. The Bertz CT molecular complexity index is 815. The fraction of sp³-hybridized carbons (Fsp3) is 0.600. The van der Waals surface area contributed by atoms with Gasteiger partial charge in [-0.25, -0.2) is 21.6 Å². The molecular formula is C15H24N2O6S2. The van der Waals surface area contributed by atoms with Crippen molar-refractivity contribution >= 4 is 20.0 Å². The van der Waals surface area contributed by atoms with Crippen LogP contribution in [0.15, 0.2) is 17.0 Å². The minimum Gasteiger partial charge on any atom is -0.495 e. The van der Waals surface area contributed by atoms with Crippen molar-refractivity contribution in [1.29, 1.82) is 0 Å². The predicted octanol–water partition coefficient (Wildman–Crippen LogP) is 0.252. The van der Waals surface area contributed by atoms with Crippen LogP contribution in [0.3, 0.4) is 0 Å². The normalized spacial score (nSPS) is 16.8. The van der Waals surface area contributed by atoms with E-state index in [2.05, 4.69) is 4.72 Å². The molecule has 1 N–H and O–H groups in total. The van der Waals surface area contributed by atoms with Crippen LogP contribution in [-0.2, 0) is 24.8 Å². The number of hydrogen-bond donors (Lipinski definition) is 1. The van der Waals surface area contributed by atoms with Gasteiger partial charge < -0.3 is 9.47 Å². The number of sulfonamides is 2. The van der Waals surface area contributed by atoms with Crippen molar-refractivity contribution in [2.24, 2.45) is 0 Å². The van der Waals surface area contributed by atoms with Crippen molar-refractivity contribution in [1.82, 2.24) is 9.03 Å². The first-order valence-electron chi connectivity index (χ1n) is 7.88. The van der Waals surface area contributed by atoms with E-state index in [1.807, 2.05) is 6.92 Å². The summed E-state index contributed by atoms with van der Waals surface area (Å²) in [4.78, 5) is 0.00173. The lowest BCUT2D eigenvalue weighted by Crippen LogP contribution is -2.43. The second-order valence-corrected chi connectivity index (χ2v) is 9.64. The van der Waals surface area contributed by atoms with Crippen molar-refractivity contribution in [2.45, 2.75) is 18.7 Å². The van der Waals surface area contributed by atoms with E-state index in [0.717, 1.165) is 11.1 Å². The van der Waals surface area contributed by atoms with E-state index in [0.29, 0.717) is 26.3 Å². The molecule has 142 valence electrons. The van der Waals surface area contributed by atoms with Crippen molar-refractivity contribution < 1.29 is 26.3 Å². The Morgan fingerprint density at radius 1 is 1.12 bits per heavy atom. The Kier molecular flexibility index (Phi) is 6.44. The predicted molar refractivity (Wildman–Crippen MR) is 93.8 cm³/mol. The van der Waals surface area contributed by atoms with Gasteiger partial charge in [0.05, 0.1) is 26.1 Å². The highest BCUT2D eigenvalue weighted by atomic mass is 32.2. The van der Waals surface area contributed by atoms with Crippen LogP contribution < -0.4 is 9.46 Å². The SMILES string of the molecule is COc1cc(C)c(C)cc1S(=O)(=O)NCCS(=O)(=O)N1CCOCC1. The molecule has 1 aromatic rings.